The topological polar surface area (TPSA) is 120 Å². The van der Waals surface area contributed by atoms with Crippen LogP contribution < -0.4 is 10.2 Å². The highest BCUT2D eigenvalue weighted by atomic mass is 32.1. The fraction of sp³-hybridized carbons (Fsp3) is 0.364. The van der Waals surface area contributed by atoms with E-state index in [9.17, 15) is 24.9 Å². The molecule has 2 aliphatic carbocycles. The Morgan fingerprint density at radius 3 is 2.63 bits per heavy atom. The number of aromatic nitrogens is 1. The van der Waals surface area contributed by atoms with Gasteiger partial charge in [-0.2, -0.15) is 0 Å². The zero-order valence-electron chi connectivity index (χ0n) is 16.3. The van der Waals surface area contributed by atoms with Crippen molar-refractivity contribution >= 4 is 28.2 Å². The minimum Gasteiger partial charge on any atom is -0.494 e. The van der Waals surface area contributed by atoms with Crippen LogP contribution in [0.15, 0.2) is 23.1 Å². The van der Waals surface area contributed by atoms with Crippen molar-refractivity contribution in [3.8, 4) is 16.2 Å². The number of hydrogen-bond donors (Lipinski definition) is 4. The first kappa shape index (κ1) is 19.3. The summed E-state index contributed by atoms with van der Waals surface area (Å²) in [6.07, 6.45) is 2.72. The van der Waals surface area contributed by atoms with Crippen molar-refractivity contribution in [1.29, 1.82) is 0 Å². The van der Waals surface area contributed by atoms with Gasteiger partial charge in [-0.05, 0) is 54.9 Å². The van der Waals surface area contributed by atoms with Crippen LogP contribution in [0.4, 0.5) is 0 Å². The van der Waals surface area contributed by atoms with Gasteiger partial charge in [0.05, 0.1) is 24.1 Å². The van der Waals surface area contributed by atoms with Gasteiger partial charge in [0.15, 0.2) is 5.75 Å². The molecule has 2 aromatic heterocycles. The number of aryl methyl sites for hydroxylation is 1. The molecule has 7 nitrogen and oxygen atoms in total. The summed E-state index contributed by atoms with van der Waals surface area (Å²) in [6, 6.07) is 3.70. The molecule has 0 bridgehead atoms. The largest absolute Gasteiger partial charge is 0.494 e. The number of aliphatic hydroxyl groups is 2. The van der Waals surface area contributed by atoms with Crippen LogP contribution >= 0.6 is 11.3 Å². The predicted molar refractivity (Wildman–Crippen MR) is 113 cm³/mol. The Balaban J connectivity index is 1.79. The number of ether oxygens (including phenoxy) is 1. The van der Waals surface area contributed by atoms with Crippen LogP contribution in [0.1, 0.15) is 57.6 Å². The molecule has 0 radical (unpaired) electrons. The van der Waals surface area contributed by atoms with Crippen LogP contribution in [0.25, 0.3) is 21.3 Å². The maximum atomic E-state index is 12.8. The zero-order valence-corrected chi connectivity index (χ0v) is 17.1. The van der Waals surface area contributed by atoms with Crippen molar-refractivity contribution < 1.29 is 24.9 Å². The van der Waals surface area contributed by atoms with Gasteiger partial charge in [0, 0.05) is 21.5 Å². The van der Waals surface area contributed by atoms with Crippen molar-refractivity contribution in [2.24, 2.45) is 0 Å². The van der Waals surface area contributed by atoms with Gasteiger partial charge in [-0.15, -0.1) is 11.3 Å². The summed E-state index contributed by atoms with van der Waals surface area (Å²) in [5.74, 6) is -0.495. The Morgan fingerprint density at radius 2 is 1.97 bits per heavy atom. The smallest absolute Gasteiger partial charge is 0.341 e. The first-order valence-electron chi connectivity index (χ1n) is 9.89. The summed E-state index contributed by atoms with van der Waals surface area (Å²) < 4.78 is 5.74. The Kier molecular flexibility index (Phi) is 4.46. The monoisotopic (exact) mass is 427 g/mol. The number of H-pyrrole nitrogens is 1. The molecule has 5 rings (SSSR count). The minimum atomic E-state index is -1.27. The van der Waals surface area contributed by atoms with E-state index in [-0.39, 0.29) is 11.5 Å². The number of benzene rings is 1. The molecule has 2 unspecified atom stereocenters. The van der Waals surface area contributed by atoms with Gasteiger partial charge >= 0.3 is 5.97 Å². The first-order valence-corrected chi connectivity index (χ1v) is 10.7. The third kappa shape index (κ3) is 2.86. The average Bonchev–Trinajstić information content (AvgIpc) is 3.48. The van der Waals surface area contributed by atoms with E-state index in [1.165, 1.54) is 13.3 Å². The van der Waals surface area contributed by atoms with E-state index < -0.39 is 23.6 Å². The van der Waals surface area contributed by atoms with Crippen LogP contribution in [0.3, 0.4) is 0 Å². The number of rotatable bonds is 4. The van der Waals surface area contributed by atoms with Gasteiger partial charge in [-0.1, -0.05) is 0 Å². The number of carboxylic acid groups (broad SMARTS) is 1. The van der Waals surface area contributed by atoms with Crippen molar-refractivity contribution in [3.05, 3.63) is 50.1 Å². The molecule has 1 aromatic carbocycles. The number of thiophene rings is 1. The fourth-order valence-electron chi connectivity index (χ4n) is 4.34. The molecular weight excluding hydrogens is 406 g/mol. The predicted octanol–water partition coefficient (Wildman–Crippen LogP) is 3.18. The number of nitrogens with one attached hydrogen (secondary N) is 1. The maximum absolute atomic E-state index is 12.8. The molecular formula is C22H21NO6S. The van der Waals surface area contributed by atoms with Crippen LogP contribution in [0.2, 0.25) is 0 Å². The molecule has 8 heteroatoms. The number of carboxylic acids is 1. The number of methoxy groups -OCH3 is 1. The van der Waals surface area contributed by atoms with Gasteiger partial charge in [-0.25, -0.2) is 4.79 Å². The molecule has 4 N–H and O–H groups in total. The third-order valence-electron chi connectivity index (χ3n) is 6.05. The maximum Gasteiger partial charge on any atom is 0.341 e. The first-order chi connectivity index (χ1) is 14.4. The molecule has 2 atom stereocenters. The van der Waals surface area contributed by atoms with Gasteiger partial charge in [0.2, 0.25) is 5.43 Å². The second-order valence-corrected chi connectivity index (χ2v) is 9.08. The van der Waals surface area contributed by atoms with E-state index in [1.54, 1.807) is 17.4 Å². The minimum absolute atomic E-state index is 0.279. The van der Waals surface area contributed by atoms with E-state index in [0.717, 1.165) is 39.3 Å². The summed E-state index contributed by atoms with van der Waals surface area (Å²) >= 11 is 1.57. The lowest BCUT2D eigenvalue weighted by molar-refractivity contribution is 0.00727. The molecule has 2 heterocycles. The summed E-state index contributed by atoms with van der Waals surface area (Å²) in [7, 11) is 1.53. The Hall–Kier alpha value is -2.68. The molecule has 0 saturated heterocycles. The van der Waals surface area contributed by atoms with Crippen LogP contribution in [-0.2, 0) is 6.42 Å². The van der Waals surface area contributed by atoms with E-state index in [2.05, 4.69) is 4.98 Å². The quantitative estimate of drug-likeness (QED) is 0.508. The number of aromatic carboxylic acids is 1. The lowest BCUT2D eigenvalue weighted by Crippen LogP contribution is -2.23. The number of pyridine rings is 1. The van der Waals surface area contributed by atoms with E-state index in [0.29, 0.717) is 29.5 Å². The zero-order chi connectivity index (χ0) is 21.2. The average molecular weight is 427 g/mol. The molecule has 0 aliphatic heterocycles. The Bertz CT molecular complexity index is 1240. The highest BCUT2D eigenvalue weighted by molar-refractivity contribution is 7.15. The van der Waals surface area contributed by atoms with Gasteiger partial charge < -0.3 is 25.0 Å². The highest BCUT2D eigenvalue weighted by Gasteiger charge is 2.34. The fourth-order valence-corrected chi connectivity index (χ4v) is 5.63. The van der Waals surface area contributed by atoms with Gasteiger partial charge in [0.25, 0.3) is 0 Å². The number of fused-ring (bicyclic) bond motifs is 2. The lowest BCUT2D eigenvalue weighted by atomic mass is 9.92. The lowest BCUT2D eigenvalue weighted by Gasteiger charge is -2.23. The summed E-state index contributed by atoms with van der Waals surface area (Å²) in [6.45, 7) is 0. The second-order valence-electron chi connectivity index (χ2n) is 7.95. The van der Waals surface area contributed by atoms with Crippen molar-refractivity contribution in [3.63, 3.8) is 0 Å². The number of hydrogen-bond acceptors (Lipinski definition) is 6. The number of aromatic amines is 1. The van der Waals surface area contributed by atoms with Crippen LogP contribution in [0, 0.1) is 0 Å². The number of carbonyl (C=O) groups is 1. The van der Waals surface area contributed by atoms with Gasteiger partial charge in [0.1, 0.15) is 11.7 Å². The molecule has 2 aliphatic rings. The van der Waals surface area contributed by atoms with Crippen molar-refractivity contribution in [2.45, 2.75) is 43.8 Å². The van der Waals surface area contributed by atoms with Gasteiger partial charge in [-0.3, -0.25) is 4.79 Å². The second kappa shape index (κ2) is 6.94. The van der Waals surface area contributed by atoms with Crippen molar-refractivity contribution in [2.75, 3.05) is 7.11 Å². The van der Waals surface area contributed by atoms with E-state index in [1.807, 2.05) is 6.07 Å². The molecule has 30 heavy (non-hydrogen) atoms. The third-order valence-corrected chi connectivity index (χ3v) is 7.28. The van der Waals surface area contributed by atoms with E-state index in [4.69, 9.17) is 4.74 Å². The standard InChI is InChI=1S/C22H21NO6S/c1-29-21-17(16-7-11-15(30-16)5-4-14(24)20(11)26)10(9-2-3-9)6-12-18(21)23-8-13(19(12)25)22(27)28/h6-9,14,20,24,26H,2-5H2,1H3,(H,23,25)(H,27,28). The molecule has 3 aromatic rings. The molecule has 0 amide bonds. The summed E-state index contributed by atoms with van der Waals surface area (Å²) in [5.41, 5.74) is 2.19. The summed E-state index contributed by atoms with van der Waals surface area (Å²) in [4.78, 5) is 29.1. The summed E-state index contributed by atoms with van der Waals surface area (Å²) in [5, 5.41) is 30.1. The van der Waals surface area contributed by atoms with E-state index >= 15 is 0 Å². The number of aliphatic hydroxyl groups excluding tert-OH is 2. The normalized spacial score (nSPS) is 20.9. The molecule has 1 fully saturated rings. The Morgan fingerprint density at radius 1 is 1.20 bits per heavy atom. The molecule has 156 valence electrons. The molecule has 0 spiro atoms. The van der Waals surface area contributed by atoms with Crippen LogP contribution in [0.5, 0.6) is 5.75 Å². The Labute approximate surface area is 175 Å². The van der Waals surface area contributed by atoms with Crippen molar-refractivity contribution in [1.82, 2.24) is 4.98 Å². The SMILES string of the molecule is COc1c(-c2cc3c(s2)CCC(O)C3O)c(C2CC2)cc2c(=O)c(C(=O)O)c[nH]c12. The molecule has 1 saturated carbocycles. The highest BCUT2D eigenvalue weighted by Crippen LogP contribution is 2.52. The van der Waals surface area contributed by atoms with Crippen LogP contribution in [-0.4, -0.2) is 39.5 Å².